The second-order valence-corrected chi connectivity index (χ2v) is 6.26. The number of rotatable bonds is 3. The van der Waals surface area contributed by atoms with E-state index in [-0.39, 0.29) is 15.8 Å². The van der Waals surface area contributed by atoms with Crippen LogP contribution in [0.1, 0.15) is 9.68 Å². The molecule has 2 aromatic rings. The van der Waals surface area contributed by atoms with Crippen molar-refractivity contribution in [2.24, 2.45) is 0 Å². The van der Waals surface area contributed by atoms with Crippen molar-refractivity contribution < 1.29 is 36.4 Å². The molecule has 0 saturated carbocycles. The summed E-state index contributed by atoms with van der Waals surface area (Å²) in [7, 11) is -3.02. The van der Waals surface area contributed by atoms with Crippen LogP contribution in [0.4, 0.5) is 35.0 Å². The molecule has 1 heterocycles. The standard InChI is InChI=1S/C18H15ClF3N3O4/c1-28-15-6-5-10(19)9-14(15)25(29-16(26)18(20,21)22)17(27)24-13-4-2-3-12-11(13)7-8-23-12/h2-6,9,23H,7-8H2,1H3,(H,24,27)/i1D3. The van der Waals surface area contributed by atoms with Crippen molar-refractivity contribution >= 4 is 40.7 Å². The monoisotopic (exact) mass is 432 g/mol. The lowest BCUT2D eigenvalue weighted by Crippen LogP contribution is -2.41. The summed E-state index contributed by atoms with van der Waals surface area (Å²) in [5, 5.41) is 5.30. The molecular weight excluding hydrogens is 415 g/mol. The van der Waals surface area contributed by atoms with Crippen molar-refractivity contribution in [2.45, 2.75) is 12.6 Å². The van der Waals surface area contributed by atoms with E-state index >= 15 is 0 Å². The van der Waals surface area contributed by atoms with Crippen molar-refractivity contribution in [1.82, 2.24) is 0 Å². The fourth-order valence-corrected chi connectivity index (χ4v) is 2.86. The molecular formula is C18H15ClF3N3O4. The van der Waals surface area contributed by atoms with Crippen LogP contribution in [-0.4, -0.2) is 31.8 Å². The zero-order valence-corrected chi connectivity index (χ0v) is 15.2. The smallest absolute Gasteiger partial charge is 0.493 e. The number of halogens is 4. The van der Waals surface area contributed by atoms with E-state index in [9.17, 15) is 22.8 Å². The number of hydrogen-bond acceptors (Lipinski definition) is 5. The molecule has 3 rings (SSSR count). The summed E-state index contributed by atoms with van der Waals surface area (Å²) in [5.41, 5.74) is 1.03. The number of amides is 2. The first-order valence-corrected chi connectivity index (χ1v) is 8.47. The molecule has 0 unspecified atom stereocenters. The number of ether oxygens (including phenoxy) is 1. The van der Waals surface area contributed by atoms with Crippen LogP contribution in [0.15, 0.2) is 36.4 Å². The van der Waals surface area contributed by atoms with Gasteiger partial charge in [-0.05, 0) is 36.8 Å². The molecule has 0 aromatic heterocycles. The lowest BCUT2D eigenvalue weighted by Gasteiger charge is -2.24. The van der Waals surface area contributed by atoms with Crippen LogP contribution < -0.4 is 20.4 Å². The summed E-state index contributed by atoms with van der Waals surface area (Å²) in [4.78, 5) is 28.7. The lowest BCUT2D eigenvalue weighted by atomic mass is 10.1. The maximum atomic E-state index is 12.9. The predicted molar refractivity (Wildman–Crippen MR) is 100 cm³/mol. The van der Waals surface area contributed by atoms with Crippen LogP contribution in [0.2, 0.25) is 5.02 Å². The number of urea groups is 1. The Balaban J connectivity index is 2.01. The SMILES string of the molecule is [2H]C([2H])([2H])Oc1ccc(Cl)cc1N(OC(=O)C(F)(F)F)C(=O)Nc1cccc2c1CCN2. The van der Waals surface area contributed by atoms with Crippen molar-refractivity contribution in [3.05, 3.63) is 47.0 Å². The normalized spacial score (nSPS) is 14.6. The number of nitrogens with zero attached hydrogens (tertiary/aromatic N) is 1. The summed E-state index contributed by atoms with van der Waals surface area (Å²) in [5.74, 6) is -3.29. The number of methoxy groups -OCH3 is 1. The van der Waals surface area contributed by atoms with E-state index in [0.29, 0.717) is 18.5 Å². The number of alkyl halides is 3. The van der Waals surface area contributed by atoms with Gasteiger partial charge in [0.05, 0.1) is 11.2 Å². The summed E-state index contributed by atoms with van der Waals surface area (Å²) >= 11 is 5.87. The molecule has 0 bridgehead atoms. The third kappa shape index (κ3) is 4.48. The first-order valence-electron chi connectivity index (χ1n) is 9.60. The average molecular weight is 433 g/mol. The Morgan fingerprint density at radius 3 is 2.83 bits per heavy atom. The van der Waals surface area contributed by atoms with Gasteiger partial charge in [-0.25, -0.2) is 9.59 Å². The molecule has 0 fully saturated rings. The molecule has 0 atom stereocenters. The maximum Gasteiger partial charge on any atom is 0.493 e. The Bertz CT molecular complexity index is 1050. The minimum absolute atomic E-state index is 0.0510. The highest BCUT2D eigenvalue weighted by Crippen LogP contribution is 2.34. The summed E-state index contributed by atoms with van der Waals surface area (Å²) in [6.45, 7) is 0.583. The number of anilines is 3. The highest BCUT2D eigenvalue weighted by molar-refractivity contribution is 6.31. The number of benzene rings is 2. The second kappa shape index (κ2) is 8.08. The maximum absolute atomic E-state index is 12.9. The zero-order chi connectivity index (χ0) is 23.7. The van der Waals surface area contributed by atoms with Gasteiger partial charge in [0, 0.05) is 28.5 Å². The van der Waals surface area contributed by atoms with Gasteiger partial charge in [-0.2, -0.15) is 13.2 Å². The third-order valence-electron chi connectivity index (χ3n) is 3.95. The molecule has 2 aromatic carbocycles. The van der Waals surface area contributed by atoms with Gasteiger partial charge in [-0.3, -0.25) is 0 Å². The van der Waals surface area contributed by atoms with E-state index in [0.717, 1.165) is 17.8 Å². The van der Waals surface area contributed by atoms with Gasteiger partial charge in [0.25, 0.3) is 0 Å². The van der Waals surface area contributed by atoms with Crippen molar-refractivity contribution in [3.63, 3.8) is 0 Å². The quantitative estimate of drug-likeness (QED) is 0.704. The van der Waals surface area contributed by atoms with Crippen LogP contribution in [0, 0.1) is 0 Å². The van der Waals surface area contributed by atoms with Gasteiger partial charge < -0.3 is 20.2 Å². The second-order valence-electron chi connectivity index (χ2n) is 5.82. The Labute approximate surface area is 172 Å². The Kier molecular flexibility index (Phi) is 4.67. The summed E-state index contributed by atoms with van der Waals surface area (Å²) in [6, 6.07) is 6.65. The van der Waals surface area contributed by atoms with Crippen LogP contribution in [0.3, 0.4) is 0 Å². The fourth-order valence-electron chi connectivity index (χ4n) is 2.70. The van der Waals surface area contributed by atoms with Crippen LogP contribution in [-0.2, 0) is 16.1 Å². The summed E-state index contributed by atoms with van der Waals surface area (Å²) in [6.07, 6.45) is -4.92. The Morgan fingerprint density at radius 1 is 1.31 bits per heavy atom. The van der Waals surface area contributed by atoms with E-state index in [1.54, 1.807) is 12.1 Å². The van der Waals surface area contributed by atoms with Crippen molar-refractivity contribution in [3.8, 4) is 5.75 Å². The molecule has 0 aliphatic carbocycles. The number of carbonyl (C=O) groups is 2. The van der Waals surface area contributed by atoms with E-state index in [2.05, 4.69) is 15.5 Å². The molecule has 2 N–H and O–H groups in total. The minimum atomic E-state index is -5.44. The topological polar surface area (TPSA) is 79.9 Å². The van der Waals surface area contributed by atoms with Crippen LogP contribution >= 0.6 is 11.6 Å². The molecule has 29 heavy (non-hydrogen) atoms. The highest BCUT2D eigenvalue weighted by atomic mass is 35.5. The largest absolute Gasteiger partial charge is 0.494 e. The molecule has 154 valence electrons. The molecule has 7 nitrogen and oxygen atoms in total. The number of fused-ring (bicyclic) bond motifs is 1. The Morgan fingerprint density at radius 2 is 2.10 bits per heavy atom. The summed E-state index contributed by atoms with van der Waals surface area (Å²) < 4.78 is 65.0. The van der Waals surface area contributed by atoms with Gasteiger partial charge in [0.1, 0.15) is 11.4 Å². The van der Waals surface area contributed by atoms with Gasteiger partial charge >= 0.3 is 18.2 Å². The van der Waals surface area contributed by atoms with E-state index < -0.39 is 36.7 Å². The molecule has 0 radical (unpaired) electrons. The van der Waals surface area contributed by atoms with Gasteiger partial charge in [0.2, 0.25) is 0 Å². The number of hydroxylamine groups is 1. The molecule has 0 spiro atoms. The zero-order valence-electron chi connectivity index (χ0n) is 17.5. The van der Waals surface area contributed by atoms with Crippen LogP contribution in [0.5, 0.6) is 5.75 Å². The molecule has 1 aliphatic heterocycles. The highest BCUT2D eigenvalue weighted by Gasteiger charge is 2.44. The fraction of sp³-hybridized carbons (Fsp3) is 0.222. The van der Waals surface area contributed by atoms with E-state index in [1.807, 2.05) is 0 Å². The number of nitrogens with one attached hydrogen (secondary N) is 2. The van der Waals surface area contributed by atoms with E-state index in [4.69, 9.17) is 20.5 Å². The van der Waals surface area contributed by atoms with Gasteiger partial charge in [0.15, 0.2) is 0 Å². The third-order valence-corrected chi connectivity index (χ3v) is 4.18. The molecule has 11 heteroatoms. The van der Waals surface area contributed by atoms with Gasteiger partial charge in [-0.15, -0.1) is 5.06 Å². The van der Waals surface area contributed by atoms with Crippen molar-refractivity contribution in [2.75, 3.05) is 29.3 Å². The van der Waals surface area contributed by atoms with E-state index in [1.165, 1.54) is 12.1 Å². The Hall–Kier alpha value is -3.14. The van der Waals surface area contributed by atoms with Crippen molar-refractivity contribution in [1.29, 1.82) is 0 Å². The molecule has 0 saturated heterocycles. The molecule has 2 amide bonds. The van der Waals surface area contributed by atoms with Gasteiger partial charge in [-0.1, -0.05) is 17.7 Å². The first-order chi connectivity index (χ1) is 14.8. The minimum Gasteiger partial charge on any atom is -0.494 e. The lowest BCUT2D eigenvalue weighted by molar-refractivity contribution is -0.199. The predicted octanol–water partition coefficient (Wildman–Crippen LogP) is 4.38. The average Bonchev–Trinajstić information content (AvgIpc) is 3.15. The number of hydrogen-bond donors (Lipinski definition) is 2. The number of carbonyl (C=O) groups excluding carboxylic acids is 2. The van der Waals surface area contributed by atoms with Crippen LogP contribution in [0.25, 0.3) is 0 Å². The first kappa shape index (κ1) is 16.8. The molecule has 1 aliphatic rings.